The first-order chi connectivity index (χ1) is 11.2. The standard InChI is InChI=1S/C17H20F3NO3/c1-11(9-12-4-6-14(7-5-12)17(18,19)20)15(22)21-8-2-3-13(10-21)16(23)24/h4-7,11,13H,2-3,8-10H2,1H3,(H,23,24). The molecule has 24 heavy (non-hydrogen) atoms. The third-order valence-electron chi connectivity index (χ3n) is 4.33. The van der Waals surface area contributed by atoms with Gasteiger partial charge < -0.3 is 10.0 Å². The second kappa shape index (κ2) is 7.23. The van der Waals surface area contributed by atoms with Crippen molar-refractivity contribution in [3.8, 4) is 0 Å². The number of alkyl halides is 3. The minimum Gasteiger partial charge on any atom is -0.481 e. The molecule has 2 atom stereocenters. The fourth-order valence-corrected chi connectivity index (χ4v) is 2.96. The quantitative estimate of drug-likeness (QED) is 0.913. The van der Waals surface area contributed by atoms with Crippen LogP contribution in [0.5, 0.6) is 0 Å². The Labute approximate surface area is 138 Å². The van der Waals surface area contributed by atoms with Crippen LogP contribution in [0, 0.1) is 11.8 Å². The van der Waals surface area contributed by atoms with Crippen molar-refractivity contribution in [3.63, 3.8) is 0 Å². The molecule has 1 fully saturated rings. The second-order valence-corrected chi connectivity index (χ2v) is 6.26. The Balaban J connectivity index is 1.97. The van der Waals surface area contributed by atoms with E-state index in [1.165, 1.54) is 12.1 Å². The van der Waals surface area contributed by atoms with E-state index in [0.29, 0.717) is 31.4 Å². The van der Waals surface area contributed by atoms with E-state index in [1.807, 2.05) is 0 Å². The number of piperidine rings is 1. The van der Waals surface area contributed by atoms with Crippen LogP contribution in [0.4, 0.5) is 13.2 Å². The smallest absolute Gasteiger partial charge is 0.416 e. The molecule has 0 bridgehead atoms. The van der Waals surface area contributed by atoms with E-state index in [2.05, 4.69) is 0 Å². The number of halogens is 3. The molecule has 1 heterocycles. The number of carbonyl (C=O) groups is 2. The molecule has 0 saturated carbocycles. The number of hydrogen-bond donors (Lipinski definition) is 1. The fourth-order valence-electron chi connectivity index (χ4n) is 2.96. The van der Waals surface area contributed by atoms with Gasteiger partial charge >= 0.3 is 12.1 Å². The van der Waals surface area contributed by atoms with Crippen LogP contribution in [0.2, 0.25) is 0 Å². The molecule has 4 nitrogen and oxygen atoms in total. The van der Waals surface area contributed by atoms with Gasteiger partial charge in [0.05, 0.1) is 11.5 Å². The number of likely N-dealkylation sites (tertiary alicyclic amines) is 1. The van der Waals surface area contributed by atoms with Crippen molar-refractivity contribution in [2.75, 3.05) is 13.1 Å². The van der Waals surface area contributed by atoms with Gasteiger partial charge in [-0.05, 0) is 37.0 Å². The van der Waals surface area contributed by atoms with Crippen LogP contribution in [0.25, 0.3) is 0 Å². The average molecular weight is 343 g/mol. The zero-order valence-electron chi connectivity index (χ0n) is 13.3. The first-order valence-electron chi connectivity index (χ1n) is 7.86. The summed E-state index contributed by atoms with van der Waals surface area (Å²) in [6.07, 6.45) is -2.84. The Kier molecular flexibility index (Phi) is 5.51. The molecule has 7 heteroatoms. The molecule has 1 saturated heterocycles. The minimum absolute atomic E-state index is 0.152. The van der Waals surface area contributed by atoms with E-state index in [0.717, 1.165) is 12.1 Å². The van der Waals surface area contributed by atoms with Gasteiger partial charge in [-0.25, -0.2) is 0 Å². The maximum atomic E-state index is 12.5. The van der Waals surface area contributed by atoms with Crippen molar-refractivity contribution >= 4 is 11.9 Å². The SMILES string of the molecule is CC(Cc1ccc(C(F)(F)F)cc1)C(=O)N1CCCC(C(=O)O)C1. The molecule has 1 amide bonds. The number of rotatable bonds is 4. The van der Waals surface area contributed by atoms with Crippen LogP contribution >= 0.6 is 0 Å². The highest BCUT2D eigenvalue weighted by molar-refractivity contribution is 5.80. The first-order valence-corrected chi connectivity index (χ1v) is 7.86. The molecule has 2 unspecified atom stereocenters. The maximum Gasteiger partial charge on any atom is 0.416 e. The lowest BCUT2D eigenvalue weighted by Crippen LogP contribution is -2.44. The number of carbonyl (C=O) groups excluding carboxylic acids is 1. The summed E-state index contributed by atoms with van der Waals surface area (Å²) >= 11 is 0. The monoisotopic (exact) mass is 343 g/mol. The van der Waals surface area contributed by atoms with Crippen LogP contribution < -0.4 is 0 Å². The molecule has 2 rings (SSSR count). The van der Waals surface area contributed by atoms with Gasteiger partial charge in [0.1, 0.15) is 0 Å². The lowest BCUT2D eigenvalue weighted by molar-refractivity contribution is -0.146. The molecule has 1 N–H and O–H groups in total. The van der Waals surface area contributed by atoms with E-state index in [4.69, 9.17) is 5.11 Å². The summed E-state index contributed by atoms with van der Waals surface area (Å²) in [5.74, 6) is -2.00. The fraction of sp³-hybridized carbons (Fsp3) is 0.529. The predicted octanol–water partition coefficient (Wildman–Crippen LogP) is 3.21. The third-order valence-corrected chi connectivity index (χ3v) is 4.33. The number of amides is 1. The number of benzene rings is 1. The summed E-state index contributed by atoms with van der Waals surface area (Å²) in [6.45, 7) is 2.44. The summed E-state index contributed by atoms with van der Waals surface area (Å²) < 4.78 is 37.6. The Bertz CT molecular complexity index is 598. The van der Waals surface area contributed by atoms with E-state index < -0.39 is 29.5 Å². The summed E-state index contributed by atoms with van der Waals surface area (Å²) in [6, 6.07) is 4.77. The maximum absolute atomic E-state index is 12.5. The minimum atomic E-state index is -4.38. The van der Waals surface area contributed by atoms with Crippen molar-refractivity contribution < 1.29 is 27.9 Å². The topological polar surface area (TPSA) is 57.6 Å². The van der Waals surface area contributed by atoms with Crippen LogP contribution in [0.3, 0.4) is 0 Å². The van der Waals surface area contributed by atoms with E-state index >= 15 is 0 Å². The Morgan fingerprint density at radius 2 is 1.92 bits per heavy atom. The molecular weight excluding hydrogens is 323 g/mol. The van der Waals surface area contributed by atoms with E-state index in [1.54, 1.807) is 11.8 Å². The normalized spacial score (nSPS) is 19.8. The number of aliphatic carboxylic acids is 1. The van der Waals surface area contributed by atoms with Gasteiger partial charge in [-0.15, -0.1) is 0 Å². The summed E-state index contributed by atoms with van der Waals surface area (Å²) in [5.41, 5.74) is -0.0683. The zero-order valence-corrected chi connectivity index (χ0v) is 13.3. The Hall–Kier alpha value is -2.05. The lowest BCUT2D eigenvalue weighted by Gasteiger charge is -2.32. The predicted molar refractivity (Wildman–Crippen MR) is 81.3 cm³/mol. The third kappa shape index (κ3) is 4.49. The number of carboxylic acid groups (broad SMARTS) is 1. The van der Waals surface area contributed by atoms with Gasteiger partial charge in [0.2, 0.25) is 5.91 Å². The van der Waals surface area contributed by atoms with Gasteiger partial charge in [-0.2, -0.15) is 13.2 Å². The highest BCUT2D eigenvalue weighted by Crippen LogP contribution is 2.29. The molecule has 0 spiro atoms. The van der Waals surface area contributed by atoms with Gasteiger partial charge in [0, 0.05) is 19.0 Å². The zero-order chi connectivity index (χ0) is 17.9. The van der Waals surface area contributed by atoms with E-state index in [-0.39, 0.29) is 12.5 Å². The van der Waals surface area contributed by atoms with Gasteiger partial charge in [0.25, 0.3) is 0 Å². The van der Waals surface area contributed by atoms with Crippen molar-refractivity contribution in [3.05, 3.63) is 35.4 Å². The summed E-state index contributed by atoms with van der Waals surface area (Å²) in [7, 11) is 0. The van der Waals surface area contributed by atoms with E-state index in [9.17, 15) is 22.8 Å². The van der Waals surface area contributed by atoms with Gasteiger partial charge in [-0.3, -0.25) is 9.59 Å². The summed E-state index contributed by atoms with van der Waals surface area (Å²) in [4.78, 5) is 25.1. The molecule has 1 aromatic rings. The van der Waals surface area contributed by atoms with Crippen LogP contribution in [0.1, 0.15) is 30.9 Å². The van der Waals surface area contributed by atoms with Gasteiger partial charge in [0.15, 0.2) is 0 Å². The molecule has 0 radical (unpaired) electrons. The van der Waals surface area contributed by atoms with Crippen LogP contribution in [-0.4, -0.2) is 35.0 Å². The molecule has 0 aliphatic carbocycles. The van der Waals surface area contributed by atoms with Crippen LogP contribution in [-0.2, 0) is 22.2 Å². The molecule has 1 aromatic carbocycles. The summed E-state index contributed by atoms with van der Waals surface area (Å²) in [5, 5.41) is 9.07. The highest BCUT2D eigenvalue weighted by atomic mass is 19.4. The van der Waals surface area contributed by atoms with Crippen molar-refractivity contribution in [1.29, 1.82) is 0 Å². The number of hydrogen-bond acceptors (Lipinski definition) is 2. The molecular formula is C17H20F3NO3. The second-order valence-electron chi connectivity index (χ2n) is 6.26. The Morgan fingerprint density at radius 3 is 2.46 bits per heavy atom. The van der Waals surface area contributed by atoms with Gasteiger partial charge in [-0.1, -0.05) is 19.1 Å². The first kappa shape index (κ1) is 18.3. The molecule has 1 aliphatic rings. The van der Waals surface area contributed by atoms with Crippen molar-refractivity contribution in [2.24, 2.45) is 11.8 Å². The molecule has 132 valence electrons. The molecule has 0 aromatic heterocycles. The number of carboxylic acids is 1. The van der Waals surface area contributed by atoms with Crippen molar-refractivity contribution in [2.45, 2.75) is 32.4 Å². The van der Waals surface area contributed by atoms with Crippen molar-refractivity contribution in [1.82, 2.24) is 4.90 Å². The lowest BCUT2D eigenvalue weighted by atomic mass is 9.94. The largest absolute Gasteiger partial charge is 0.481 e. The highest BCUT2D eigenvalue weighted by Gasteiger charge is 2.31. The number of nitrogens with zero attached hydrogens (tertiary/aromatic N) is 1. The average Bonchev–Trinajstić information content (AvgIpc) is 2.53. The van der Waals surface area contributed by atoms with Crippen LogP contribution in [0.15, 0.2) is 24.3 Å². The Morgan fingerprint density at radius 1 is 1.29 bits per heavy atom. The molecule has 1 aliphatic heterocycles.